The molecule has 1 aromatic heterocycles. The van der Waals surface area contributed by atoms with Crippen LogP contribution in [0, 0.1) is 13.8 Å². The number of carbonyl (C=O) groups excluding carboxylic acids is 1. The first-order valence-corrected chi connectivity index (χ1v) is 11.4. The van der Waals surface area contributed by atoms with Crippen LogP contribution in [0.2, 0.25) is 5.02 Å². The van der Waals surface area contributed by atoms with Crippen LogP contribution in [0.4, 0.5) is 0 Å². The molecule has 1 heterocycles. The smallest absolute Gasteiger partial charge is 0.266 e. The van der Waals surface area contributed by atoms with Gasteiger partial charge in [0, 0.05) is 17.1 Å². The lowest BCUT2D eigenvalue weighted by molar-refractivity contribution is 0.0981. The minimum atomic E-state index is -4.02. The number of amides is 1. The summed E-state index contributed by atoms with van der Waals surface area (Å²) in [7, 11) is -4.02. The van der Waals surface area contributed by atoms with Crippen molar-refractivity contribution in [1.29, 1.82) is 0 Å². The molecule has 0 aliphatic heterocycles. The highest BCUT2D eigenvalue weighted by Gasteiger charge is 2.22. The molecule has 0 spiro atoms. The molecule has 3 aromatic rings. The number of nitrogens with one attached hydrogen (secondary N) is 1. The molecule has 7 heteroatoms. The Labute approximate surface area is 182 Å². The number of aromatic nitrogens is 1. The summed E-state index contributed by atoms with van der Waals surface area (Å²) in [6, 6.07) is 15.4. The fourth-order valence-electron chi connectivity index (χ4n) is 3.27. The van der Waals surface area contributed by atoms with Gasteiger partial charge in [-0.1, -0.05) is 44.5 Å². The molecule has 0 unspecified atom stereocenters. The third-order valence-electron chi connectivity index (χ3n) is 4.98. The van der Waals surface area contributed by atoms with Crippen molar-refractivity contribution < 1.29 is 13.2 Å². The van der Waals surface area contributed by atoms with E-state index in [9.17, 15) is 13.2 Å². The average Bonchev–Trinajstić information content (AvgIpc) is 2.99. The van der Waals surface area contributed by atoms with Gasteiger partial charge in [0.25, 0.3) is 15.9 Å². The molecular formula is C23H25ClN2O3S. The summed E-state index contributed by atoms with van der Waals surface area (Å²) in [6.45, 7) is 10.1. The number of hydrogen-bond donors (Lipinski definition) is 1. The van der Waals surface area contributed by atoms with Crippen molar-refractivity contribution in [3.05, 3.63) is 82.1 Å². The van der Waals surface area contributed by atoms with Gasteiger partial charge in [-0.05, 0) is 67.3 Å². The molecule has 158 valence electrons. The lowest BCUT2D eigenvalue weighted by Gasteiger charge is -2.19. The Balaban J connectivity index is 1.85. The van der Waals surface area contributed by atoms with Crippen LogP contribution in [-0.2, 0) is 15.4 Å². The number of benzene rings is 2. The summed E-state index contributed by atoms with van der Waals surface area (Å²) in [6.07, 6.45) is 0. The molecule has 2 aromatic carbocycles. The number of rotatable bonds is 4. The Hall–Kier alpha value is -2.57. The lowest BCUT2D eigenvalue weighted by atomic mass is 9.87. The van der Waals surface area contributed by atoms with E-state index in [0.29, 0.717) is 0 Å². The zero-order valence-electron chi connectivity index (χ0n) is 17.7. The Morgan fingerprint density at radius 3 is 2.00 bits per heavy atom. The molecule has 30 heavy (non-hydrogen) atoms. The standard InChI is InChI=1S/C23H25ClN2O3S/c1-15-6-7-16(2)26(15)18-10-13-20(21(24)14-18)22(27)25-30(28,29)19-11-8-17(9-12-19)23(3,4)5/h6-14H,1-5H3,(H,25,27). The van der Waals surface area contributed by atoms with Crippen molar-refractivity contribution in [3.63, 3.8) is 0 Å². The lowest BCUT2D eigenvalue weighted by Crippen LogP contribution is -2.30. The van der Waals surface area contributed by atoms with Crippen molar-refractivity contribution in [2.75, 3.05) is 0 Å². The fraction of sp³-hybridized carbons (Fsp3) is 0.261. The van der Waals surface area contributed by atoms with Gasteiger partial charge in [0.1, 0.15) is 0 Å². The van der Waals surface area contributed by atoms with Crippen molar-refractivity contribution in [3.8, 4) is 5.69 Å². The maximum absolute atomic E-state index is 12.7. The van der Waals surface area contributed by atoms with Gasteiger partial charge >= 0.3 is 0 Å². The Bertz CT molecular complexity index is 1180. The van der Waals surface area contributed by atoms with Crippen LogP contribution in [0.3, 0.4) is 0 Å². The van der Waals surface area contributed by atoms with Crippen LogP contribution < -0.4 is 4.72 Å². The van der Waals surface area contributed by atoms with Crippen molar-refractivity contribution in [1.82, 2.24) is 9.29 Å². The molecule has 0 fully saturated rings. The average molecular weight is 445 g/mol. The molecule has 1 N–H and O–H groups in total. The molecule has 5 nitrogen and oxygen atoms in total. The van der Waals surface area contributed by atoms with E-state index in [0.717, 1.165) is 22.6 Å². The third kappa shape index (κ3) is 4.45. The third-order valence-corrected chi connectivity index (χ3v) is 6.64. The van der Waals surface area contributed by atoms with Gasteiger partial charge in [-0.25, -0.2) is 13.1 Å². The zero-order valence-corrected chi connectivity index (χ0v) is 19.2. The number of sulfonamides is 1. The number of hydrogen-bond acceptors (Lipinski definition) is 3. The predicted molar refractivity (Wildman–Crippen MR) is 120 cm³/mol. The van der Waals surface area contributed by atoms with Crippen molar-refractivity contribution in [2.24, 2.45) is 0 Å². The van der Waals surface area contributed by atoms with Crippen LogP contribution >= 0.6 is 11.6 Å². The second-order valence-corrected chi connectivity index (χ2v) is 10.4. The van der Waals surface area contributed by atoms with Crippen molar-refractivity contribution in [2.45, 2.75) is 44.9 Å². The minimum absolute atomic E-state index is 0.0233. The van der Waals surface area contributed by atoms with Gasteiger partial charge in [-0.3, -0.25) is 4.79 Å². The highest BCUT2D eigenvalue weighted by atomic mass is 35.5. The van der Waals surface area contributed by atoms with Crippen LogP contribution in [0.25, 0.3) is 5.69 Å². The van der Waals surface area contributed by atoms with E-state index in [2.05, 4.69) is 4.72 Å². The summed E-state index contributed by atoms with van der Waals surface area (Å²) in [4.78, 5) is 12.7. The van der Waals surface area contributed by atoms with Crippen LogP contribution in [-0.4, -0.2) is 18.9 Å². The summed E-state index contributed by atoms with van der Waals surface area (Å²) in [5.41, 5.74) is 3.86. The predicted octanol–water partition coefficient (Wildman–Crippen LogP) is 5.16. The number of nitrogens with zero attached hydrogens (tertiary/aromatic N) is 1. The molecule has 0 bridgehead atoms. The maximum Gasteiger partial charge on any atom is 0.266 e. The monoisotopic (exact) mass is 444 g/mol. The van der Waals surface area contributed by atoms with E-state index in [1.807, 2.05) is 51.3 Å². The molecule has 0 radical (unpaired) electrons. The first-order valence-electron chi connectivity index (χ1n) is 9.53. The van der Waals surface area contributed by atoms with Crippen LogP contribution in [0.15, 0.2) is 59.5 Å². The van der Waals surface area contributed by atoms with Gasteiger partial charge < -0.3 is 4.57 Å². The quantitative estimate of drug-likeness (QED) is 0.604. The second-order valence-electron chi connectivity index (χ2n) is 8.32. The Morgan fingerprint density at radius 2 is 1.50 bits per heavy atom. The van der Waals surface area contributed by atoms with Gasteiger partial charge in [0.2, 0.25) is 0 Å². The summed E-state index contributed by atoms with van der Waals surface area (Å²) in [5, 5.41) is 0.177. The molecule has 0 atom stereocenters. The molecule has 3 rings (SSSR count). The second kappa shape index (κ2) is 7.93. The first-order chi connectivity index (χ1) is 13.9. The van der Waals surface area contributed by atoms with E-state index in [1.54, 1.807) is 24.3 Å². The van der Waals surface area contributed by atoms with Gasteiger partial charge in [0.05, 0.1) is 15.5 Å². The fourth-order valence-corrected chi connectivity index (χ4v) is 4.50. The Morgan fingerprint density at radius 1 is 0.933 bits per heavy atom. The topological polar surface area (TPSA) is 68.2 Å². The van der Waals surface area contributed by atoms with Crippen LogP contribution in [0.5, 0.6) is 0 Å². The summed E-state index contributed by atoms with van der Waals surface area (Å²) in [5.74, 6) is -0.771. The zero-order chi connectivity index (χ0) is 22.3. The summed E-state index contributed by atoms with van der Waals surface area (Å²) < 4.78 is 29.4. The normalized spacial score (nSPS) is 12.1. The largest absolute Gasteiger partial charge is 0.318 e. The molecule has 0 aliphatic carbocycles. The number of carbonyl (C=O) groups is 1. The van der Waals surface area contributed by atoms with Crippen LogP contribution in [0.1, 0.15) is 48.1 Å². The molecule has 0 saturated carbocycles. The maximum atomic E-state index is 12.7. The van der Waals surface area contributed by atoms with E-state index < -0.39 is 15.9 Å². The van der Waals surface area contributed by atoms with E-state index in [4.69, 9.17) is 11.6 Å². The minimum Gasteiger partial charge on any atom is -0.318 e. The SMILES string of the molecule is Cc1ccc(C)n1-c1ccc(C(=O)NS(=O)(=O)c2ccc(C(C)(C)C)cc2)c(Cl)c1. The Kier molecular flexibility index (Phi) is 5.85. The van der Waals surface area contributed by atoms with Gasteiger partial charge in [0.15, 0.2) is 0 Å². The van der Waals surface area contributed by atoms with Gasteiger partial charge in [-0.15, -0.1) is 0 Å². The van der Waals surface area contributed by atoms with E-state index in [1.165, 1.54) is 18.2 Å². The van der Waals surface area contributed by atoms with E-state index in [-0.39, 0.29) is 20.9 Å². The summed E-state index contributed by atoms with van der Waals surface area (Å²) >= 11 is 6.32. The van der Waals surface area contributed by atoms with Crippen molar-refractivity contribution >= 4 is 27.5 Å². The first kappa shape index (κ1) is 22.1. The molecule has 0 aliphatic rings. The highest BCUT2D eigenvalue weighted by molar-refractivity contribution is 7.90. The number of halogens is 1. The van der Waals surface area contributed by atoms with Gasteiger partial charge in [-0.2, -0.15) is 0 Å². The molecule has 0 saturated heterocycles. The molecular weight excluding hydrogens is 420 g/mol. The van der Waals surface area contributed by atoms with E-state index >= 15 is 0 Å². The number of aryl methyl sites for hydroxylation is 2. The highest BCUT2D eigenvalue weighted by Crippen LogP contribution is 2.25. The molecule has 1 amide bonds.